The highest BCUT2D eigenvalue weighted by molar-refractivity contribution is 5.21. The van der Waals surface area contributed by atoms with Crippen LogP contribution in [0.15, 0.2) is 24.3 Å². The van der Waals surface area contributed by atoms with Crippen LogP contribution in [0.4, 0.5) is 0 Å². The van der Waals surface area contributed by atoms with E-state index >= 15 is 0 Å². The molecule has 0 aromatic heterocycles. The summed E-state index contributed by atoms with van der Waals surface area (Å²) in [4.78, 5) is 2.21. The van der Waals surface area contributed by atoms with E-state index in [1.54, 1.807) is 0 Å². The molecule has 0 N–H and O–H groups in total. The number of likely N-dealkylation sites (N-methyl/N-ethyl adjacent to an activating group) is 1. The first kappa shape index (κ1) is 9.27. The van der Waals surface area contributed by atoms with E-state index in [1.165, 1.54) is 11.1 Å². The van der Waals surface area contributed by atoms with E-state index < -0.39 is 0 Å². The van der Waals surface area contributed by atoms with Crippen molar-refractivity contribution in [2.45, 2.75) is 13.3 Å². The molecular weight excluding hydrogens is 146 g/mol. The van der Waals surface area contributed by atoms with Crippen LogP contribution in [0.2, 0.25) is 0 Å². The third-order valence-electron chi connectivity index (χ3n) is 1.97. The molecule has 0 unspecified atom stereocenters. The molecule has 0 fully saturated rings. The van der Waals surface area contributed by atoms with Crippen molar-refractivity contribution in [1.29, 1.82) is 0 Å². The van der Waals surface area contributed by atoms with E-state index in [9.17, 15) is 0 Å². The maximum absolute atomic E-state index is 2.21. The lowest BCUT2D eigenvalue weighted by molar-refractivity contribution is 0.413. The normalized spacial score (nSPS) is 10.7. The Bertz CT molecular complexity index is 223. The van der Waals surface area contributed by atoms with Crippen LogP contribution < -0.4 is 0 Å². The highest BCUT2D eigenvalue weighted by Gasteiger charge is 1.93. The predicted octanol–water partition coefficient (Wildman–Crippen LogP) is 2.10. The summed E-state index contributed by atoms with van der Waals surface area (Å²) in [5.41, 5.74) is 2.76. The second kappa shape index (κ2) is 4.27. The van der Waals surface area contributed by atoms with Crippen molar-refractivity contribution >= 4 is 0 Å². The van der Waals surface area contributed by atoms with E-state index in [0.717, 1.165) is 13.0 Å². The quantitative estimate of drug-likeness (QED) is 0.659. The monoisotopic (exact) mass is 163 g/mol. The molecule has 0 heterocycles. The summed E-state index contributed by atoms with van der Waals surface area (Å²) < 4.78 is 0. The smallest absolute Gasteiger partial charge is 0.00157 e. The van der Waals surface area contributed by atoms with E-state index in [1.807, 2.05) is 0 Å². The van der Waals surface area contributed by atoms with Crippen LogP contribution in [0, 0.1) is 6.92 Å². The summed E-state index contributed by atoms with van der Waals surface area (Å²) in [6, 6.07) is 8.76. The van der Waals surface area contributed by atoms with E-state index in [-0.39, 0.29) is 0 Å². The Morgan fingerprint density at radius 1 is 1.08 bits per heavy atom. The average Bonchev–Trinajstić information content (AvgIpc) is 2.03. The molecule has 0 saturated carbocycles. The van der Waals surface area contributed by atoms with E-state index in [0.29, 0.717) is 0 Å². The molecule has 1 rings (SSSR count). The first-order chi connectivity index (χ1) is 5.68. The number of rotatable bonds is 3. The fourth-order valence-electron chi connectivity index (χ4n) is 1.11. The van der Waals surface area contributed by atoms with Gasteiger partial charge in [-0.3, -0.25) is 0 Å². The molecule has 12 heavy (non-hydrogen) atoms. The molecule has 0 aliphatic rings. The zero-order valence-electron chi connectivity index (χ0n) is 8.17. The lowest BCUT2D eigenvalue weighted by Crippen LogP contribution is -2.14. The van der Waals surface area contributed by atoms with Gasteiger partial charge >= 0.3 is 0 Å². The van der Waals surface area contributed by atoms with Crippen LogP contribution in [0.3, 0.4) is 0 Å². The SMILES string of the molecule is Cc1ccc(CCN(C)C)cc1. The van der Waals surface area contributed by atoms with Crippen molar-refractivity contribution in [3.63, 3.8) is 0 Å². The molecule has 0 atom stereocenters. The number of hydrogen-bond acceptors (Lipinski definition) is 1. The fraction of sp³-hybridized carbons (Fsp3) is 0.455. The largest absolute Gasteiger partial charge is 0.309 e. The lowest BCUT2D eigenvalue weighted by Gasteiger charge is -2.08. The van der Waals surface area contributed by atoms with Gasteiger partial charge < -0.3 is 4.90 Å². The van der Waals surface area contributed by atoms with Crippen molar-refractivity contribution in [3.05, 3.63) is 35.4 Å². The molecule has 1 nitrogen and oxygen atoms in total. The first-order valence-corrected chi connectivity index (χ1v) is 4.39. The molecule has 66 valence electrons. The van der Waals surface area contributed by atoms with Gasteiger partial charge in [-0.05, 0) is 33.0 Å². The third-order valence-corrected chi connectivity index (χ3v) is 1.97. The fourth-order valence-corrected chi connectivity index (χ4v) is 1.11. The van der Waals surface area contributed by atoms with Crippen molar-refractivity contribution in [1.82, 2.24) is 4.90 Å². The van der Waals surface area contributed by atoms with Gasteiger partial charge in [0.2, 0.25) is 0 Å². The molecule has 0 saturated heterocycles. The van der Waals surface area contributed by atoms with Gasteiger partial charge in [0.1, 0.15) is 0 Å². The van der Waals surface area contributed by atoms with Gasteiger partial charge in [-0.25, -0.2) is 0 Å². The van der Waals surface area contributed by atoms with Gasteiger partial charge in [0, 0.05) is 6.54 Å². The van der Waals surface area contributed by atoms with Gasteiger partial charge in [0.25, 0.3) is 0 Å². The predicted molar refractivity (Wildman–Crippen MR) is 53.4 cm³/mol. The Kier molecular flexibility index (Phi) is 3.30. The number of aryl methyl sites for hydroxylation is 1. The molecule has 1 heteroatoms. The number of nitrogens with zero attached hydrogens (tertiary/aromatic N) is 1. The minimum atomic E-state index is 1.13. The van der Waals surface area contributed by atoms with Crippen LogP contribution in [0.1, 0.15) is 11.1 Å². The van der Waals surface area contributed by atoms with Gasteiger partial charge in [0.05, 0.1) is 0 Å². The molecule has 0 bridgehead atoms. The maximum atomic E-state index is 2.21. The number of hydrogen-bond donors (Lipinski definition) is 0. The molecule has 1 aromatic carbocycles. The molecule has 0 amide bonds. The van der Waals surface area contributed by atoms with Gasteiger partial charge in [-0.2, -0.15) is 0 Å². The number of benzene rings is 1. The minimum Gasteiger partial charge on any atom is -0.309 e. The van der Waals surface area contributed by atoms with Crippen LogP contribution in [-0.2, 0) is 6.42 Å². The van der Waals surface area contributed by atoms with Gasteiger partial charge in [-0.15, -0.1) is 0 Å². The van der Waals surface area contributed by atoms with Gasteiger partial charge in [-0.1, -0.05) is 29.8 Å². The van der Waals surface area contributed by atoms with Crippen molar-refractivity contribution in [2.24, 2.45) is 0 Å². The molecule has 1 aromatic rings. The summed E-state index contributed by atoms with van der Waals surface area (Å²) >= 11 is 0. The van der Waals surface area contributed by atoms with Gasteiger partial charge in [0.15, 0.2) is 0 Å². The lowest BCUT2D eigenvalue weighted by atomic mass is 10.1. The van der Waals surface area contributed by atoms with Crippen molar-refractivity contribution in [3.8, 4) is 0 Å². The highest BCUT2D eigenvalue weighted by atomic mass is 15.0. The summed E-state index contributed by atoms with van der Waals surface area (Å²) in [7, 11) is 4.21. The Hall–Kier alpha value is -0.820. The molecule has 0 radical (unpaired) electrons. The van der Waals surface area contributed by atoms with E-state index in [2.05, 4.69) is 50.2 Å². The van der Waals surface area contributed by atoms with Crippen LogP contribution >= 0.6 is 0 Å². The van der Waals surface area contributed by atoms with Crippen LogP contribution in [0.25, 0.3) is 0 Å². The zero-order valence-corrected chi connectivity index (χ0v) is 8.17. The minimum absolute atomic E-state index is 1.13. The molecular formula is C11H17N. The summed E-state index contributed by atoms with van der Waals surface area (Å²) in [6.07, 6.45) is 1.15. The van der Waals surface area contributed by atoms with Crippen LogP contribution in [-0.4, -0.2) is 25.5 Å². The summed E-state index contributed by atoms with van der Waals surface area (Å²) in [6.45, 7) is 3.25. The molecule has 0 aliphatic carbocycles. The summed E-state index contributed by atoms with van der Waals surface area (Å²) in [5, 5.41) is 0. The third kappa shape index (κ3) is 3.05. The molecule has 0 aliphatic heterocycles. The average molecular weight is 163 g/mol. The summed E-state index contributed by atoms with van der Waals surface area (Å²) in [5.74, 6) is 0. The van der Waals surface area contributed by atoms with Crippen molar-refractivity contribution < 1.29 is 0 Å². The second-order valence-electron chi connectivity index (χ2n) is 3.54. The Balaban J connectivity index is 2.48. The molecule has 0 spiro atoms. The Labute approximate surface area is 75.0 Å². The highest BCUT2D eigenvalue weighted by Crippen LogP contribution is 2.03. The second-order valence-corrected chi connectivity index (χ2v) is 3.54. The van der Waals surface area contributed by atoms with Crippen LogP contribution in [0.5, 0.6) is 0 Å². The maximum Gasteiger partial charge on any atom is 0.00157 e. The Morgan fingerprint density at radius 3 is 2.17 bits per heavy atom. The van der Waals surface area contributed by atoms with Crippen molar-refractivity contribution in [2.75, 3.05) is 20.6 Å². The zero-order chi connectivity index (χ0) is 8.97. The van der Waals surface area contributed by atoms with E-state index in [4.69, 9.17) is 0 Å². The topological polar surface area (TPSA) is 3.24 Å². The first-order valence-electron chi connectivity index (χ1n) is 4.39. The standard InChI is InChI=1S/C11H17N/c1-10-4-6-11(7-5-10)8-9-12(2)3/h4-7H,8-9H2,1-3H3. The Morgan fingerprint density at radius 2 is 1.67 bits per heavy atom.